The maximum absolute atomic E-state index is 11.4. The molecule has 1 aromatic carbocycles. The lowest BCUT2D eigenvalue weighted by atomic mass is 9.95. The van der Waals surface area contributed by atoms with Gasteiger partial charge in [0.2, 0.25) is 0 Å². The number of hydrogen-bond donors (Lipinski definition) is 1. The van der Waals surface area contributed by atoms with Crippen molar-refractivity contribution in [2.75, 3.05) is 18.6 Å². The Morgan fingerprint density at radius 3 is 2.72 bits per heavy atom. The van der Waals surface area contributed by atoms with Gasteiger partial charge >= 0.3 is 0 Å². The molecule has 0 spiro atoms. The maximum Gasteiger partial charge on any atom is 0.150 e. The van der Waals surface area contributed by atoms with Crippen LogP contribution in [0.5, 0.6) is 5.75 Å². The lowest BCUT2D eigenvalue weighted by molar-refractivity contribution is 0.121. The van der Waals surface area contributed by atoms with Crippen LogP contribution in [0, 0.1) is 5.92 Å². The van der Waals surface area contributed by atoms with E-state index >= 15 is 0 Å². The van der Waals surface area contributed by atoms with Crippen LogP contribution in [0.2, 0.25) is 5.02 Å². The van der Waals surface area contributed by atoms with Gasteiger partial charge in [-0.3, -0.25) is 0 Å². The molecule has 1 aliphatic heterocycles. The Bertz CT molecular complexity index is 541. The first-order chi connectivity index (χ1) is 8.43. The molecule has 0 saturated carbocycles. The first-order valence-electron chi connectivity index (χ1n) is 5.65. The molecule has 18 heavy (non-hydrogen) atoms. The largest absolute Gasteiger partial charge is 0.495 e. The van der Waals surface area contributed by atoms with E-state index in [4.69, 9.17) is 16.3 Å². The van der Waals surface area contributed by atoms with Crippen molar-refractivity contribution in [1.29, 1.82) is 0 Å². The van der Waals surface area contributed by atoms with Crippen LogP contribution in [0.1, 0.15) is 18.1 Å². The fourth-order valence-corrected chi connectivity index (χ4v) is 4.31. The predicted molar refractivity (Wildman–Crippen MR) is 69.7 cm³/mol. The molecule has 0 aromatic heterocycles. The topological polar surface area (TPSA) is 63.6 Å². The summed E-state index contributed by atoms with van der Waals surface area (Å²) in [5.41, 5.74) is 0.628. The van der Waals surface area contributed by atoms with Gasteiger partial charge in [0.05, 0.1) is 29.7 Å². The van der Waals surface area contributed by atoms with Crippen LogP contribution in [0.4, 0.5) is 0 Å². The van der Waals surface area contributed by atoms with Gasteiger partial charge in [0.25, 0.3) is 0 Å². The van der Waals surface area contributed by atoms with Gasteiger partial charge in [0.15, 0.2) is 9.84 Å². The molecule has 2 unspecified atom stereocenters. The summed E-state index contributed by atoms with van der Waals surface area (Å²) in [6.07, 6.45) is -0.307. The van der Waals surface area contributed by atoms with Gasteiger partial charge in [-0.15, -0.1) is 0 Å². The van der Waals surface area contributed by atoms with Crippen molar-refractivity contribution < 1.29 is 18.3 Å². The van der Waals surface area contributed by atoms with Crippen molar-refractivity contribution in [3.05, 3.63) is 28.8 Å². The smallest absolute Gasteiger partial charge is 0.150 e. The van der Waals surface area contributed by atoms with Crippen LogP contribution in [0.15, 0.2) is 18.2 Å². The second-order valence-electron chi connectivity index (χ2n) is 4.50. The molecular formula is C12H15ClO4S. The second kappa shape index (κ2) is 5.07. The molecule has 6 heteroatoms. The average molecular weight is 291 g/mol. The summed E-state index contributed by atoms with van der Waals surface area (Å²) in [5, 5.41) is 10.6. The van der Waals surface area contributed by atoms with Crippen molar-refractivity contribution in [1.82, 2.24) is 0 Å². The third-order valence-electron chi connectivity index (χ3n) is 3.23. The number of aliphatic hydroxyl groups is 1. The number of hydrogen-bond acceptors (Lipinski definition) is 4. The normalized spacial score (nSPS) is 23.8. The third-order valence-corrected chi connectivity index (χ3v) is 5.32. The molecule has 1 heterocycles. The third kappa shape index (κ3) is 2.79. The van der Waals surface area contributed by atoms with Gasteiger partial charge in [-0.2, -0.15) is 0 Å². The van der Waals surface area contributed by atoms with Crippen LogP contribution in [-0.4, -0.2) is 32.1 Å². The summed E-state index contributed by atoms with van der Waals surface area (Å²) in [6.45, 7) is 0. The van der Waals surface area contributed by atoms with Gasteiger partial charge in [-0.05, 0) is 24.1 Å². The summed E-state index contributed by atoms with van der Waals surface area (Å²) in [5.74, 6) is 0.474. The molecular weight excluding hydrogens is 276 g/mol. The minimum atomic E-state index is -2.99. The van der Waals surface area contributed by atoms with E-state index in [0.29, 0.717) is 22.8 Å². The summed E-state index contributed by atoms with van der Waals surface area (Å²) in [7, 11) is -1.47. The van der Waals surface area contributed by atoms with Crippen molar-refractivity contribution in [2.24, 2.45) is 5.92 Å². The molecule has 100 valence electrons. The van der Waals surface area contributed by atoms with Crippen LogP contribution in [-0.2, 0) is 9.84 Å². The summed E-state index contributed by atoms with van der Waals surface area (Å²) >= 11 is 5.98. The number of aliphatic hydroxyl groups excluding tert-OH is 1. The molecule has 0 aliphatic carbocycles. The van der Waals surface area contributed by atoms with Crippen LogP contribution in [0.25, 0.3) is 0 Å². The molecule has 1 aromatic rings. The van der Waals surface area contributed by atoms with Crippen LogP contribution in [0.3, 0.4) is 0 Å². The highest BCUT2D eigenvalue weighted by Crippen LogP contribution is 2.34. The Morgan fingerprint density at radius 2 is 2.22 bits per heavy atom. The van der Waals surface area contributed by atoms with E-state index < -0.39 is 15.9 Å². The monoisotopic (exact) mass is 290 g/mol. The SMILES string of the molecule is COc1ccc(C(O)C2CCS(=O)(=O)C2)cc1Cl. The van der Waals surface area contributed by atoms with Gasteiger partial charge in [0, 0.05) is 5.92 Å². The van der Waals surface area contributed by atoms with Gasteiger partial charge in [0.1, 0.15) is 5.75 Å². The Labute approximate surface area is 111 Å². The van der Waals surface area contributed by atoms with E-state index in [0.717, 1.165) is 0 Å². The highest BCUT2D eigenvalue weighted by Gasteiger charge is 2.33. The fourth-order valence-electron chi connectivity index (χ4n) is 2.21. The average Bonchev–Trinajstić information content (AvgIpc) is 2.68. The lowest BCUT2D eigenvalue weighted by Crippen LogP contribution is -2.14. The van der Waals surface area contributed by atoms with E-state index in [1.807, 2.05) is 0 Å². The molecule has 1 aliphatic rings. The highest BCUT2D eigenvalue weighted by atomic mass is 35.5. The van der Waals surface area contributed by atoms with E-state index in [1.54, 1.807) is 18.2 Å². The summed E-state index contributed by atoms with van der Waals surface area (Å²) in [4.78, 5) is 0. The molecule has 1 N–H and O–H groups in total. The molecule has 4 nitrogen and oxygen atoms in total. The van der Waals surface area contributed by atoms with Crippen molar-refractivity contribution in [3.63, 3.8) is 0 Å². The Kier molecular flexibility index (Phi) is 3.84. The van der Waals surface area contributed by atoms with Crippen molar-refractivity contribution in [3.8, 4) is 5.75 Å². The minimum Gasteiger partial charge on any atom is -0.495 e. The van der Waals surface area contributed by atoms with Gasteiger partial charge in [-0.1, -0.05) is 17.7 Å². The number of sulfone groups is 1. The zero-order chi connectivity index (χ0) is 13.3. The number of rotatable bonds is 3. The standard InChI is InChI=1S/C12H15ClO4S/c1-17-11-3-2-8(6-10(11)13)12(14)9-4-5-18(15,16)7-9/h2-3,6,9,12,14H,4-5,7H2,1H3. The van der Waals surface area contributed by atoms with Crippen molar-refractivity contribution in [2.45, 2.75) is 12.5 Å². The van der Waals surface area contributed by atoms with Crippen molar-refractivity contribution >= 4 is 21.4 Å². The van der Waals surface area contributed by atoms with E-state index in [-0.39, 0.29) is 17.4 Å². The molecule has 1 fully saturated rings. The molecule has 1 saturated heterocycles. The lowest BCUT2D eigenvalue weighted by Gasteiger charge is -2.17. The number of benzene rings is 1. The first kappa shape index (κ1) is 13.6. The highest BCUT2D eigenvalue weighted by molar-refractivity contribution is 7.91. The summed E-state index contributed by atoms with van der Waals surface area (Å²) in [6, 6.07) is 5.00. The predicted octanol–water partition coefficient (Wildman–Crippen LogP) is 1.82. The fraction of sp³-hybridized carbons (Fsp3) is 0.500. The van der Waals surface area contributed by atoms with Crippen LogP contribution >= 0.6 is 11.6 Å². The number of halogens is 1. The van der Waals surface area contributed by atoms with E-state index in [1.165, 1.54) is 7.11 Å². The zero-order valence-corrected chi connectivity index (χ0v) is 11.5. The molecule has 0 bridgehead atoms. The molecule has 0 amide bonds. The minimum absolute atomic E-state index is 0.0395. The maximum atomic E-state index is 11.4. The van der Waals surface area contributed by atoms with E-state index in [2.05, 4.69) is 0 Å². The number of methoxy groups -OCH3 is 1. The second-order valence-corrected chi connectivity index (χ2v) is 7.14. The van der Waals surface area contributed by atoms with Gasteiger partial charge in [-0.25, -0.2) is 8.42 Å². The van der Waals surface area contributed by atoms with Gasteiger partial charge < -0.3 is 9.84 Å². The zero-order valence-electron chi connectivity index (χ0n) is 9.97. The molecule has 2 atom stereocenters. The van der Waals surface area contributed by atoms with E-state index in [9.17, 15) is 13.5 Å². The summed E-state index contributed by atoms with van der Waals surface area (Å²) < 4.78 is 27.8. The first-order valence-corrected chi connectivity index (χ1v) is 7.85. The number of ether oxygens (including phenoxy) is 1. The molecule has 2 rings (SSSR count). The Hall–Kier alpha value is -0.780. The Balaban J connectivity index is 2.19. The molecule has 0 radical (unpaired) electrons. The van der Waals surface area contributed by atoms with Crippen LogP contribution < -0.4 is 4.74 Å². The Morgan fingerprint density at radius 1 is 1.50 bits per heavy atom. The quantitative estimate of drug-likeness (QED) is 0.922.